The summed E-state index contributed by atoms with van der Waals surface area (Å²) in [6, 6.07) is 10.6. The van der Waals surface area contributed by atoms with Gasteiger partial charge >= 0.3 is 5.97 Å². The number of ether oxygens (including phenoxy) is 4. The number of fused-ring (bicyclic) bond motifs is 1. The second-order valence-corrected chi connectivity index (χ2v) is 6.78. The van der Waals surface area contributed by atoms with Crippen LogP contribution in [0.5, 0.6) is 17.2 Å². The summed E-state index contributed by atoms with van der Waals surface area (Å²) in [5.74, 6) is 1.09. The lowest BCUT2D eigenvalue weighted by Gasteiger charge is -2.10. The number of esters is 1. The number of hydrogen-bond acceptors (Lipinski definition) is 6. The third-order valence-electron chi connectivity index (χ3n) is 4.45. The molecule has 1 atom stereocenters. The van der Waals surface area contributed by atoms with Crippen LogP contribution in [0.4, 0.5) is 5.69 Å². The van der Waals surface area contributed by atoms with Crippen molar-refractivity contribution in [2.75, 3.05) is 25.6 Å². The molecule has 0 unspecified atom stereocenters. The van der Waals surface area contributed by atoms with Crippen molar-refractivity contribution in [3.8, 4) is 17.2 Å². The predicted molar refractivity (Wildman–Crippen MR) is 113 cm³/mol. The summed E-state index contributed by atoms with van der Waals surface area (Å²) in [6.07, 6.45) is 3.80. The molecule has 30 heavy (non-hydrogen) atoms. The van der Waals surface area contributed by atoms with E-state index in [0.29, 0.717) is 29.4 Å². The van der Waals surface area contributed by atoms with E-state index in [1.807, 2.05) is 26.0 Å². The first-order valence-corrected chi connectivity index (χ1v) is 9.73. The summed E-state index contributed by atoms with van der Waals surface area (Å²) in [5.41, 5.74) is 2.38. The molecule has 3 rings (SSSR count). The van der Waals surface area contributed by atoms with Crippen LogP contribution in [0.1, 0.15) is 25.0 Å². The molecule has 7 heteroatoms. The van der Waals surface area contributed by atoms with E-state index in [1.165, 1.54) is 6.08 Å². The van der Waals surface area contributed by atoms with E-state index in [9.17, 15) is 9.59 Å². The fourth-order valence-corrected chi connectivity index (χ4v) is 3.08. The van der Waals surface area contributed by atoms with Crippen molar-refractivity contribution in [1.82, 2.24) is 0 Å². The van der Waals surface area contributed by atoms with Gasteiger partial charge in [-0.2, -0.15) is 0 Å². The summed E-state index contributed by atoms with van der Waals surface area (Å²) in [6.45, 7) is 4.02. The molecule has 1 aliphatic heterocycles. The summed E-state index contributed by atoms with van der Waals surface area (Å²) >= 11 is 0. The van der Waals surface area contributed by atoms with Crippen molar-refractivity contribution < 1.29 is 28.5 Å². The highest BCUT2D eigenvalue weighted by atomic mass is 16.5. The van der Waals surface area contributed by atoms with Crippen molar-refractivity contribution >= 4 is 23.6 Å². The minimum absolute atomic E-state index is 0.114. The number of carbonyl (C=O) groups is 2. The van der Waals surface area contributed by atoms with Gasteiger partial charge in [-0.05, 0) is 56.3 Å². The topological polar surface area (TPSA) is 83.1 Å². The number of amides is 1. The van der Waals surface area contributed by atoms with Gasteiger partial charge in [0.15, 0.2) is 6.61 Å². The number of benzene rings is 2. The predicted octanol–water partition coefficient (Wildman–Crippen LogP) is 3.61. The maximum absolute atomic E-state index is 12.0. The molecule has 7 nitrogen and oxygen atoms in total. The third-order valence-corrected chi connectivity index (χ3v) is 4.45. The molecule has 1 heterocycles. The van der Waals surface area contributed by atoms with Crippen molar-refractivity contribution in [3.63, 3.8) is 0 Å². The number of anilines is 1. The Morgan fingerprint density at radius 2 is 2.00 bits per heavy atom. The van der Waals surface area contributed by atoms with Gasteiger partial charge in [0, 0.05) is 29.3 Å². The molecule has 0 bridgehead atoms. The van der Waals surface area contributed by atoms with Gasteiger partial charge in [0.25, 0.3) is 5.91 Å². The molecule has 1 aliphatic rings. The van der Waals surface area contributed by atoms with Crippen molar-refractivity contribution in [3.05, 3.63) is 53.6 Å². The van der Waals surface area contributed by atoms with Crippen LogP contribution in [0.25, 0.3) is 6.08 Å². The van der Waals surface area contributed by atoms with E-state index in [0.717, 1.165) is 17.7 Å². The molecule has 1 amide bonds. The molecule has 0 aromatic heterocycles. The van der Waals surface area contributed by atoms with Crippen LogP contribution >= 0.6 is 0 Å². The number of rotatable bonds is 8. The normalized spacial score (nSPS) is 14.7. The van der Waals surface area contributed by atoms with Gasteiger partial charge in [-0.25, -0.2) is 4.79 Å². The molecule has 0 saturated carbocycles. The Morgan fingerprint density at radius 1 is 1.23 bits per heavy atom. The minimum atomic E-state index is -0.628. The zero-order valence-corrected chi connectivity index (χ0v) is 17.3. The Morgan fingerprint density at radius 3 is 2.70 bits per heavy atom. The Bertz CT molecular complexity index is 935. The Hall–Kier alpha value is -3.48. The maximum Gasteiger partial charge on any atom is 0.331 e. The molecule has 0 saturated heterocycles. The van der Waals surface area contributed by atoms with E-state index in [1.54, 1.807) is 37.5 Å². The number of carbonyl (C=O) groups excluding carboxylic acids is 2. The van der Waals surface area contributed by atoms with E-state index in [-0.39, 0.29) is 6.10 Å². The maximum atomic E-state index is 12.0. The average molecular weight is 411 g/mol. The SMILES string of the molecule is CCOc1cc2c(cc1/C=C/C(=O)OCC(=O)Nc1ccc(OC)cc1)O[C@H](C)C2. The Labute approximate surface area is 175 Å². The number of hydrogen-bond donors (Lipinski definition) is 1. The van der Waals surface area contributed by atoms with Gasteiger partial charge in [0.1, 0.15) is 23.4 Å². The molecule has 158 valence electrons. The molecule has 1 N–H and O–H groups in total. The quantitative estimate of drug-likeness (QED) is 0.528. The van der Waals surface area contributed by atoms with Crippen molar-refractivity contribution in [1.29, 1.82) is 0 Å². The van der Waals surface area contributed by atoms with E-state index in [4.69, 9.17) is 18.9 Å². The lowest BCUT2D eigenvalue weighted by Crippen LogP contribution is -2.20. The molecular weight excluding hydrogens is 386 g/mol. The molecule has 0 fully saturated rings. The first-order valence-electron chi connectivity index (χ1n) is 9.73. The Balaban J connectivity index is 1.56. The smallest absolute Gasteiger partial charge is 0.331 e. The van der Waals surface area contributed by atoms with Crippen LogP contribution in [0, 0.1) is 0 Å². The van der Waals surface area contributed by atoms with Crippen LogP contribution < -0.4 is 19.5 Å². The van der Waals surface area contributed by atoms with E-state index >= 15 is 0 Å². The molecular formula is C23H25NO6. The summed E-state index contributed by atoms with van der Waals surface area (Å²) in [7, 11) is 1.56. The van der Waals surface area contributed by atoms with Gasteiger partial charge in [-0.15, -0.1) is 0 Å². The van der Waals surface area contributed by atoms with E-state index < -0.39 is 18.5 Å². The second kappa shape index (κ2) is 9.82. The van der Waals surface area contributed by atoms with Crippen LogP contribution in [0.2, 0.25) is 0 Å². The van der Waals surface area contributed by atoms with Gasteiger partial charge in [-0.1, -0.05) is 0 Å². The fourth-order valence-electron chi connectivity index (χ4n) is 3.08. The molecule has 0 radical (unpaired) electrons. The molecule has 0 aliphatic carbocycles. The van der Waals surface area contributed by atoms with Gasteiger partial charge in [0.05, 0.1) is 13.7 Å². The first-order chi connectivity index (χ1) is 14.5. The largest absolute Gasteiger partial charge is 0.497 e. The molecule has 2 aromatic rings. The van der Waals surface area contributed by atoms with Gasteiger partial charge < -0.3 is 24.3 Å². The first kappa shape index (κ1) is 21.2. The summed E-state index contributed by atoms with van der Waals surface area (Å²) in [4.78, 5) is 24.0. The van der Waals surface area contributed by atoms with Crippen LogP contribution in [0.3, 0.4) is 0 Å². The van der Waals surface area contributed by atoms with Gasteiger partial charge in [-0.3, -0.25) is 4.79 Å². The fraction of sp³-hybridized carbons (Fsp3) is 0.304. The van der Waals surface area contributed by atoms with Crippen LogP contribution in [0.15, 0.2) is 42.5 Å². The minimum Gasteiger partial charge on any atom is -0.497 e. The number of nitrogens with one attached hydrogen (secondary N) is 1. The molecule has 0 spiro atoms. The lowest BCUT2D eigenvalue weighted by atomic mass is 10.1. The van der Waals surface area contributed by atoms with Crippen LogP contribution in [-0.2, 0) is 20.7 Å². The highest BCUT2D eigenvalue weighted by Gasteiger charge is 2.21. The summed E-state index contributed by atoms with van der Waals surface area (Å²) < 4.78 is 21.5. The zero-order chi connectivity index (χ0) is 21.5. The monoisotopic (exact) mass is 411 g/mol. The standard InChI is InChI=1S/C23H25NO6/c1-4-28-20-13-17-11-15(2)30-21(17)12-16(20)5-10-23(26)29-14-22(25)24-18-6-8-19(27-3)9-7-18/h5-10,12-13,15H,4,11,14H2,1-3H3,(H,24,25)/b10-5+/t15-/m1/s1. The highest BCUT2D eigenvalue weighted by Crippen LogP contribution is 2.35. The second-order valence-electron chi connectivity index (χ2n) is 6.78. The number of methoxy groups -OCH3 is 1. The highest BCUT2D eigenvalue weighted by molar-refractivity contribution is 5.94. The zero-order valence-electron chi connectivity index (χ0n) is 17.3. The summed E-state index contributed by atoms with van der Waals surface area (Å²) in [5, 5.41) is 2.65. The third kappa shape index (κ3) is 5.53. The molecule has 2 aromatic carbocycles. The van der Waals surface area contributed by atoms with E-state index in [2.05, 4.69) is 5.32 Å². The van der Waals surface area contributed by atoms with Gasteiger partial charge in [0.2, 0.25) is 0 Å². The average Bonchev–Trinajstić information content (AvgIpc) is 3.10. The van der Waals surface area contributed by atoms with Crippen LogP contribution in [-0.4, -0.2) is 38.3 Å². The Kier molecular flexibility index (Phi) is 6.95. The van der Waals surface area contributed by atoms with Crippen molar-refractivity contribution in [2.45, 2.75) is 26.4 Å². The van der Waals surface area contributed by atoms with Crippen molar-refractivity contribution in [2.24, 2.45) is 0 Å². The lowest BCUT2D eigenvalue weighted by molar-refractivity contribution is -0.142.